The SMILES string of the molecule is CCCC1CCCCN1C(CN)c1cn(C)nc1CC. The van der Waals surface area contributed by atoms with Gasteiger partial charge < -0.3 is 5.73 Å². The quantitative estimate of drug-likeness (QED) is 0.870. The number of hydrogen-bond donors (Lipinski definition) is 1. The molecule has 2 heterocycles. The Morgan fingerprint density at radius 1 is 1.40 bits per heavy atom. The summed E-state index contributed by atoms with van der Waals surface area (Å²) in [5, 5.41) is 4.60. The van der Waals surface area contributed by atoms with Gasteiger partial charge in [-0.3, -0.25) is 9.58 Å². The zero-order valence-corrected chi connectivity index (χ0v) is 13.3. The van der Waals surface area contributed by atoms with Crippen LogP contribution in [0.15, 0.2) is 6.20 Å². The maximum absolute atomic E-state index is 6.15. The number of likely N-dealkylation sites (tertiary alicyclic amines) is 1. The molecule has 2 atom stereocenters. The van der Waals surface area contributed by atoms with Gasteiger partial charge in [0.05, 0.1) is 11.7 Å². The van der Waals surface area contributed by atoms with E-state index in [0.717, 1.165) is 6.42 Å². The van der Waals surface area contributed by atoms with Crippen LogP contribution in [0.25, 0.3) is 0 Å². The first-order chi connectivity index (χ1) is 9.71. The largest absolute Gasteiger partial charge is 0.329 e. The zero-order valence-electron chi connectivity index (χ0n) is 13.3. The minimum absolute atomic E-state index is 0.343. The maximum Gasteiger partial charge on any atom is 0.0670 e. The van der Waals surface area contributed by atoms with Crippen LogP contribution in [0.4, 0.5) is 0 Å². The summed E-state index contributed by atoms with van der Waals surface area (Å²) < 4.78 is 1.94. The highest BCUT2D eigenvalue weighted by atomic mass is 15.3. The summed E-state index contributed by atoms with van der Waals surface area (Å²) in [6.07, 6.45) is 9.70. The van der Waals surface area contributed by atoms with Crippen LogP contribution in [-0.4, -0.2) is 33.8 Å². The van der Waals surface area contributed by atoms with Crippen molar-refractivity contribution in [3.63, 3.8) is 0 Å². The first-order valence-corrected chi connectivity index (χ1v) is 8.19. The molecule has 2 N–H and O–H groups in total. The molecule has 20 heavy (non-hydrogen) atoms. The minimum Gasteiger partial charge on any atom is -0.329 e. The van der Waals surface area contributed by atoms with E-state index in [2.05, 4.69) is 30.0 Å². The lowest BCUT2D eigenvalue weighted by atomic mass is 9.93. The van der Waals surface area contributed by atoms with Crippen molar-refractivity contribution in [2.45, 2.75) is 64.5 Å². The fourth-order valence-electron chi connectivity index (χ4n) is 3.62. The number of rotatable bonds is 6. The molecule has 0 spiro atoms. The second-order valence-corrected chi connectivity index (χ2v) is 5.99. The lowest BCUT2D eigenvalue weighted by Crippen LogP contribution is -2.44. The van der Waals surface area contributed by atoms with Gasteiger partial charge in [0, 0.05) is 31.4 Å². The Kier molecular flexibility index (Phi) is 5.61. The van der Waals surface area contributed by atoms with E-state index in [1.54, 1.807) is 0 Å². The van der Waals surface area contributed by atoms with Crippen LogP contribution in [0.1, 0.15) is 63.3 Å². The number of nitrogens with two attached hydrogens (primary N) is 1. The number of aryl methyl sites for hydroxylation is 2. The summed E-state index contributed by atoms with van der Waals surface area (Å²) in [7, 11) is 2.01. The second kappa shape index (κ2) is 7.23. The Labute approximate surface area is 123 Å². The van der Waals surface area contributed by atoms with Crippen molar-refractivity contribution < 1.29 is 0 Å². The van der Waals surface area contributed by atoms with Crippen molar-refractivity contribution in [1.29, 1.82) is 0 Å². The van der Waals surface area contributed by atoms with Crippen LogP contribution in [0.2, 0.25) is 0 Å². The molecule has 0 amide bonds. The maximum atomic E-state index is 6.15. The molecule has 114 valence electrons. The summed E-state index contributed by atoms with van der Waals surface area (Å²) in [4.78, 5) is 2.66. The smallest absolute Gasteiger partial charge is 0.0670 e. The van der Waals surface area contributed by atoms with Crippen molar-refractivity contribution in [1.82, 2.24) is 14.7 Å². The topological polar surface area (TPSA) is 47.1 Å². The van der Waals surface area contributed by atoms with Gasteiger partial charge in [-0.1, -0.05) is 26.7 Å². The summed E-state index contributed by atoms with van der Waals surface area (Å²) >= 11 is 0. The molecular weight excluding hydrogens is 248 g/mol. The van der Waals surface area contributed by atoms with Gasteiger partial charge in [-0.25, -0.2) is 0 Å². The summed E-state index contributed by atoms with van der Waals surface area (Å²) in [5.74, 6) is 0. The average Bonchev–Trinajstić information content (AvgIpc) is 2.83. The van der Waals surface area contributed by atoms with Crippen molar-refractivity contribution in [3.8, 4) is 0 Å². The lowest BCUT2D eigenvalue weighted by Gasteiger charge is -2.41. The van der Waals surface area contributed by atoms with Crippen LogP contribution in [0.5, 0.6) is 0 Å². The van der Waals surface area contributed by atoms with E-state index in [9.17, 15) is 0 Å². The third kappa shape index (κ3) is 3.23. The fourth-order valence-corrected chi connectivity index (χ4v) is 3.62. The molecule has 1 aromatic heterocycles. The number of hydrogen-bond acceptors (Lipinski definition) is 3. The van der Waals surface area contributed by atoms with E-state index >= 15 is 0 Å². The standard InChI is InChI=1S/C16H30N4/c1-4-8-13-9-6-7-10-20(13)16(11-17)14-12-19(3)18-15(14)5-2/h12-13,16H,4-11,17H2,1-3H3. The number of nitrogens with zero attached hydrogens (tertiary/aromatic N) is 3. The van der Waals surface area contributed by atoms with Crippen LogP contribution in [0.3, 0.4) is 0 Å². The Morgan fingerprint density at radius 2 is 2.20 bits per heavy atom. The van der Waals surface area contributed by atoms with E-state index in [1.807, 2.05) is 11.7 Å². The molecule has 1 saturated heterocycles. The molecule has 4 nitrogen and oxygen atoms in total. The van der Waals surface area contributed by atoms with Crippen molar-refractivity contribution in [2.24, 2.45) is 12.8 Å². The van der Waals surface area contributed by atoms with E-state index in [0.29, 0.717) is 18.6 Å². The predicted octanol–water partition coefficient (Wildman–Crippen LogP) is 2.64. The molecular formula is C16H30N4. The summed E-state index contributed by atoms with van der Waals surface area (Å²) in [6, 6.07) is 1.04. The van der Waals surface area contributed by atoms with Gasteiger partial charge in [0.2, 0.25) is 0 Å². The van der Waals surface area contributed by atoms with Crippen LogP contribution < -0.4 is 5.73 Å². The molecule has 2 rings (SSSR count). The van der Waals surface area contributed by atoms with Crippen LogP contribution in [0, 0.1) is 0 Å². The molecule has 1 aliphatic heterocycles. The molecule has 1 aromatic rings. The van der Waals surface area contributed by atoms with E-state index in [1.165, 1.54) is 49.9 Å². The van der Waals surface area contributed by atoms with Gasteiger partial charge >= 0.3 is 0 Å². The Hall–Kier alpha value is -0.870. The van der Waals surface area contributed by atoms with Crippen LogP contribution >= 0.6 is 0 Å². The summed E-state index contributed by atoms with van der Waals surface area (Å²) in [6.45, 7) is 6.34. The van der Waals surface area contributed by atoms with Crippen molar-refractivity contribution in [3.05, 3.63) is 17.5 Å². The first kappa shape index (κ1) is 15.5. The molecule has 0 aromatic carbocycles. The summed E-state index contributed by atoms with van der Waals surface area (Å²) in [5.41, 5.74) is 8.71. The minimum atomic E-state index is 0.343. The van der Waals surface area contributed by atoms with Crippen molar-refractivity contribution in [2.75, 3.05) is 13.1 Å². The predicted molar refractivity (Wildman–Crippen MR) is 83.6 cm³/mol. The first-order valence-electron chi connectivity index (χ1n) is 8.19. The highest BCUT2D eigenvalue weighted by molar-refractivity contribution is 5.22. The van der Waals surface area contributed by atoms with Gasteiger partial charge in [0.25, 0.3) is 0 Å². The number of piperidine rings is 1. The fraction of sp³-hybridized carbons (Fsp3) is 0.812. The third-order valence-corrected chi connectivity index (χ3v) is 4.55. The molecule has 1 fully saturated rings. The lowest BCUT2D eigenvalue weighted by molar-refractivity contribution is 0.0908. The molecule has 0 saturated carbocycles. The van der Waals surface area contributed by atoms with E-state index < -0.39 is 0 Å². The van der Waals surface area contributed by atoms with Crippen LogP contribution in [-0.2, 0) is 13.5 Å². The zero-order chi connectivity index (χ0) is 14.5. The molecule has 2 unspecified atom stereocenters. The molecule has 1 aliphatic rings. The Balaban J connectivity index is 2.24. The highest BCUT2D eigenvalue weighted by Crippen LogP contribution is 2.31. The van der Waals surface area contributed by atoms with Gasteiger partial charge in [-0.05, 0) is 32.2 Å². The molecule has 0 aliphatic carbocycles. The Bertz CT molecular complexity index is 411. The van der Waals surface area contributed by atoms with Crippen molar-refractivity contribution >= 4 is 0 Å². The molecule has 4 heteroatoms. The third-order valence-electron chi connectivity index (χ3n) is 4.55. The van der Waals surface area contributed by atoms with Gasteiger partial charge in [-0.15, -0.1) is 0 Å². The number of aromatic nitrogens is 2. The molecule has 0 radical (unpaired) electrons. The Morgan fingerprint density at radius 3 is 2.85 bits per heavy atom. The van der Waals surface area contributed by atoms with Gasteiger partial charge in [0.15, 0.2) is 0 Å². The normalized spacial score (nSPS) is 22.1. The average molecular weight is 278 g/mol. The van der Waals surface area contributed by atoms with E-state index in [4.69, 9.17) is 5.73 Å². The van der Waals surface area contributed by atoms with Gasteiger partial charge in [0.1, 0.15) is 0 Å². The second-order valence-electron chi connectivity index (χ2n) is 5.99. The highest BCUT2D eigenvalue weighted by Gasteiger charge is 2.30. The van der Waals surface area contributed by atoms with E-state index in [-0.39, 0.29) is 0 Å². The molecule has 0 bridgehead atoms. The monoisotopic (exact) mass is 278 g/mol. The van der Waals surface area contributed by atoms with Gasteiger partial charge in [-0.2, -0.15) is 5.10 Å².